The van der Waals surface area contributed by atoms with Gasteiger partial charge < -0.3 is 5.32 Å². The third-order valence-electron chi connectivity index (χ3n) is 3.20. The molecule has 0 aliphatic heterocycles. The van der Waals surface area contributed by atoms with Gasteiger partial charge in [0.15, 0.2) is 0 Å². The highest BCUT2D eigenvalue weighted by molar-refractivity contribution is 7.07. The Morgan fingerprint density at radius 2 is 2.26 bits per heavy atom. The van der Waals surface area contributed by atoms with Crippen molar-refractivity contribution in [3.63, 3.8) is 0 Å². The van der Waals surface area contributed by atoms with Crippen LogP contribution in [0.2, 0.25) is 5.15 Å². The van der Waals surface area contributed by atoms with Gasteiger partial charge >= 0.3 is 0 Å². The maximum atomic E-state index is 6.17. The van der Waals surface area contributed by atoms with Crippen LogP contribution >= 0.6 is 22.9 Å². The van der Waals surface area contributed by atoms with Crippen LogP contribution in [0.5, 0.6) is 0 Å². The molecule has 0 saturated heterocycles. The molecule has 0 radical (unpaired) electrons. The molecule has 19 heavy (non-hydrogen) atoms. The second-order valence-corrected chi connectivity index (χ2v) is 5.85. The molecule has 1 aliphatic carbocycles. The number of rotatable bonds is 5. The van der Waals surface area contributed by atoms with E-state index < -0.39 is 0 Å². The van der Waals surface area contributed by atoms with Crippen LogP contribution in [0, 0.1) is 6.92 Å². The minimum Gasteiger partial charge on any atom is -0.369 e. The maximum absolute atomic E-state index is 6.17. The van der Waals surface area contributed by atoms with Gasteiger partial charge in [0, 0.05) is 29.8 Å². The highest BCUT2D eigenvalue weighted by atomic mass is 35.5. The van der Waals surface area contributed by atoms with Gasteiger partial charge in [0.1, 0.15) is 16.8 Å². The van der Waals surface area contributed by atoms with Crippen molar-refractivity contribution in [1.29, 1.82) is 0 Å². The fourth-order valence-corrected chi connectivity index (χ4v) is 2.64. The molecule has 2 heterocycles. The average Bonchev–Trinajstić information content (AvgIpc) is 3.12. The number of hydrogen-bond donors (Lipinski definition) is 1. The van der Waals surface area contributed by atoms with E-state index in [9.17, 15) is 0 Å². The van der Waals surface area contributed by atoms with Crippen LogP contribution in [-0.4, -0.2) is 21.5 Å². The summed E-state index contributed by atoms with van der Waals surface area (Å²) < 4.78 is 0. The molecule has 1 N–H and O–H groups in total. The lowest BCUT2D eigenvalue weighted by Gasteiger charge is -2.10. The molecule has 0 amide bonds. The fourth-order valence-electron chi connectivity index (χ4n) is 1.87. The minimum atomic E-state index is 0.511. The lowest BCUT2D eigenvalue weighted by atomic mass is 10.3. The van der Waals surface area contributed by atoms with Gasteiger partial charge in [-0.1, -0.05) is 11.6 Å². The molecule has 100 valence electrons. The molecule has 1 fully saturated rings. The van der Waals surface area contributed by atoms with Crippen LogP contribution in [0.15, 0.2) is 10.9 Å². The first-order chi connectivity index (χ1) is 9.24. The standard InChI is InChI=1S/C13H15ClN4S/c1-8-11(14)17-13(9-2-3-9)18-12(8)15-5-4-10-6-19-7-16-10/h6-7,9H,2-5H2,1H3,(H,15,17,18). The number of hydrogen-bond acceptors (Lipinski definition) is 5. The Morgan fingerprint density at radius 3 is 2.95 bits per heavy atom. The monoisotopic (exact) mass is 294 g/mol. The van der Waals surface area contributed by atoms with E-state index >= 15 is 0 Å². The third kappa shape index (κ3) is 3.04. The van der Waals surface area contributed by atoms with Crippen molar-refractivity contribution in [2.24, 2.45) is 0 Å². The second kappa shape index (κ2) is 5.43. The van der Waals surface area contributed by atoms with E-state index in [0.29, 0.717) is 11.1 Å². The Labute approximate surface area is 121 Å². The first-order valence-corrected chi connectivity index (χ1v) is 7.71. The molecule has 2 aromatic rings. The Kier molecular flexibility index (Phi) is 3.66. The zero-order valence-electron chi connectivity index (χ0n) is 10.7. The van der Waals surface area contributed by atoms with Gasteiger partial charge in [-0.15, -0.1) is 11.3 Å². The van der Waals surface area contributed by atoms with Crippen LogP contribution in [-0.2, 0) is 6.42 Å². The fraction of sp³-hybridized carbons (Fsp3) is 0.462. The zero-order valence-corrected chi connectivity index (χ0v) is 12.3. The van der Waals surface area contributed by atoms with E-state index in [1.807, 2.05) is 12.4 Å². The number of nitrogens with zero attached hydrogens (tertiary/aromatic N) is 3. The molecule has 0 bridgehead atoms. The molecule has 3 rings (SSSR count). The van der Waals surface area contributed by atoms with E-state index in [-0.39, 0.29) is 0 Å². The van der Waals surface area contributed by atoms with E-state index in [1.165, 1.54) is 12.8 Å². The summed E-state index contributed by atoms with van der Waals surface area (Å²) in [5.74, 6) is 2.25. The molecular weight excluding hydrogens is 280 g/mol. The molecule has 1 aliphatic rings. The lowest BCUT2D eigenvalue weighted by molar-refractivity contribution is 0.901. The van der Waals surface area contributed by atoms with Gasteiger partial charge in [0.05, 0.1) is 11.2 Å². The van der Waals surface area contributed by atoms with Crippen molar-refractivity contribution in [2.45, 2.75) is 32.1 Å². The third-order valence-corrected chi connectivity index (χ3v) is 4.21. The summed E-state index contributed by atoms with van der Waals surface area (Å²) in [7, 11) is 0. The number of thiazole rings is 1. The van der Waals surface area contributed by atoms with Gasteiger partial charge in [0.25, 0.3) is 0 Å². The van der Waals surface area contributed by atoms with E-state index in [0.717, 1.165) is 35.9 Å². The summed E-state index contributed by atoms with van der Waals surface area (Å²) in [6.45, 7) is 2.76. The summed E-state index contributed by atoms with van der Waals surface area (Å²) in [5.41, 5.74) is 3.88. The van der Waals surface area contributed by atoms with Crippen molar-refractivity contribution in [3.05, 3.63) is 33.1 Å². The summed E-state index contributed by atoms with van der Waals surface area (Å²) in [6.07, 6.45) is 3.25. The first kappa shape index (κ1) is 12.8. The summed E-state index contributed by atoms with van der Waals surface area (Å²) >= 11 is 7.79. The van der Waals surface area contributed by atoms with Crippen molar-refractivity contribution < 1.29 is 0 Å². The predicted molar refractivity (Wildman–Crippen MR) is 78.1 cm³/mol. The van der Waals surface area contributed by atoms with E-state index in [1.54, 1.807) is 11.3 Å². The van der Waals surface area contributed by atoms with Gasteiger partial charge in [-0.3, -0.25) is 0 Å². The van der Waals surface area contributed by atoms with Gasteiger partial charge in [-0.2, -0.15) is 0 Å². The highest BCUT2D eigenvalue weighted by Crippen LogP contribution is 2.39. The molecule has 0 aromatic carbocycles. The van der Waals surface area contributed by atoms with Crippen molar-refractivity contribution in [1.82, 2.24) is 15.0 Å². The lowest BCUT2D eigenvalue weighted by Crippen LogP contribution is -2.10. The normalized spacial score (nSPS) is 14.6. The van der Waals surface area contributed by atoms with Crippen molar-refractivity contribution in [3.8, 4) is 0 Å². The van der Waals surface area contributed by atoms with Crippen molar-refractivity contribution >= 4 is 28.8 Å². The highest BCUT2D eigenvalue weighted by Gasteiger charge is 2.27. The smallest absolute Gasteiger partial charge is 0.137 e. The first-order valence-electron chi connectivity index (χ1n) is 6.39. The molecule has 2 aromatic heterocycles. The molecular formula is C13H15ClN4S. The Morgan fingerprint density at radius 1 is 1.42 bits per heavy atom. The molecule has 0 unspecified atom stereocenters. The summed E-state index contributed by atoms with van der Waals surface area (Å²) in [4.78, 5) is 13.2. The number of anilines is 1. The van der Waals surface area contributed by atoms with Crippen LogP contribution < -0.4 is 5.32 Å². The molecule has 4 nitrogen and oxygen atoms in total. The summed E-state index contributed by atoms with van der Waals surface area (Å²) in [5, 5.41) is 5.97. The van der Waals surface area contributed by atoms with E-state index in [2.05, 4.69) is 25.6 Å². The SMILES string of the molecule is Cc1c(Cl)nc(C2CC2)nc1NCCc1cscn1. The Hall–Kier alpha value is -1.20. The maximum Gasteiger partial charge on any atom is 0.137 e. The van der Waals surface area contributed by atoms with Crippen LogP contribution in [0.4, 0.5) is 5.82 Å². The predicted octanol–water partition coefficient (Wildman–Crippen LogP) is 3.43. The molecule has 6 heteroatoms. The second-order valence-electron chi connectivity index (χ2n) is 4.78. The van der Waals surface area contributed by atoms with Crippen LogP contribution in [0.3, 0.4) is 0 Å². The quantitative estimate of drug-likeness (QED) is 0.859. The topological polar surface area (TPSA) is 50.7 Å². The van der Waals surface area contributed by atoms with E-state index in [4.69, 9.17) is 11.6 Å². The Balaban J connectivity index is 1.69. The molecule has 1 saturated carbocycles. The number of halogens is 1. The Bertz CT molecular complexity index is 566. The van der Waals surface area contributed by atoms with Crippen molar-refractivity contribution in [2.75, 3.05) is 11.9 Å². The minimum absolute atomic E-state index is 0.511. The molecule has 0 atom stereocenters. The van der Waals surface area contributed by atoms with Crippen LogP contribution in [0.25, 0.3) is 0 Å². The van der Waals surface area contributed by atoms with Gasteiger partial charge in [-0.05, 0) is 19.8 Å². The number of aromatic nitrogens is 3. The van der Waals surface area contributed by atoms with Gasteiger partial charge in [0.2, 0.25) is 0 Å². The number of nitrogens with one attached hydrogen (secondary N) is 1. The molecule has 0 spiro atoms. The van der Waals surface area contributed by atoms with Crippen LogP contribution in [0.1, 0.15) is 35.8 Å². The largest absolute Gasteiger partial charge is 0.369 e. The van der Waals surface area contributed by atoms with Gasteiger partial charge in [-0.25, -0.2) is 15.0 Å². The summed E-state index contributed by atoms with van der Waals surface area (Å²) in [6, 6.07) is 0. The zero-order chi connectivity index (χ0) is 13.2. The average molecular weight is 295 g/mol.